The first-order chi connectivity index (χ1) is 9.79. The summed E-state index contributed by atoms with van der Waals surface area (Å²) in [7, 11) is -3.48. The Morgan fingerprint density at radius 2 is 1.81 bits per heavy atom. The summed E-state index contributed by atoms with van der Waals surface area (Å²) in [5, 5.41) is 0. The maximum absolute atomic E-state index is 12.3. The van der Waals surface area contributed by atoms with Crippen molar-refractivity contribution in [1.82, 2.24) is 9.80 Å². The molecule has 1 fully saturated rings. The highest BCUT2D eigenvalue weighted by molar-refractivity contribution is 9.10. The Balaban J connectivity index is 2.08. The molecule has 0 aliphatic carbocycles. The van der Waals surface area contributed by atoms with Crippen LogP contribution in [0.2, 0.25) is 0 Å². The van der Waals surface area contributed by atoms with E-state index in [2.05, 4.69) is 15.9 Å². The zero-order valence-corrected chi connectivity index (χ0v) is 14.5. The fourth-order valence-corrected chi connectivity index (χ4v) is 3.87. The first kappa shape index (κ1) is 16.5. The normalized spacial score (nSPS) is 17.5. The molecule has 0 N–H and O–H groups in total. The summed E-state index contributed by atoms with van der Waals surface area (Å²) in [5.41, 5.74) is 0. The van der Waals surface area contributed by atoms with Gasteiger partial charge in [-0.1, -0.05) is 15.9 Å². The van der Waals surface area contributed by atoms with E-state index in [9.17, 15) is 13.2 Å². The van der Waals surface area contributed by atoms with Gasteiger partial charge in [0, 0.05) is 23.6 Å². The van der Waals surface area contributed by atoms with E-state index >= 15 is 0 Å². The molecule has 7 heteroatoms. The minimum absolute atomic E-state index is 0.129. The number of hydrogen-bond acceptors (Lipinski definition) is 4. The van der Waals surface area contributed by atoms with E-state index in [1.54, 1.807) is 24.3 Å². The van der Waals surface area contributed by atoms with Gasteiger partial charge in [-0.15, -0.1) is 0 Å². The van der Waals surface area contributed by atoms with Crippen LogP contribution >= 0.6 is 15.9 Å². The number of piperazine rings is 1. The SMILES string of the molecule is CC(C)N1CCN(CS(=O)(=O)c2ccc(Br)cc2)C(=O)C1. The first-order valence-electron chi connectivity index (χ1n) is 6.80. The van der Waals surface area contributed by atoms with Gasteiger partial charge in [-0.3, -0.25) is 9.69 Å². The second kappa shape index (κ2) is 6.46. The van der Waals surface area contributed by atoms with Crippen molar-refractivity contribution < 1.29 is 13.2 Å². The summed E-state index contributed by atoms with van der Waals surface area (Å²) < 4.78 is 25.5. The summed E-state index contributed by atoms with van der Waals surface area (Å²) >= 11 is 3.28. The highest BCUT2D eigenvalue weighted by atomic mass is 79.9. The van der Waals surface area contributed by atoms with Crippen LogP contribution in [0.3, 0.4) is 0 Å². The second-order valence-electron chi connectivity index (χ2n) is 5.42. The third kappa shape index (κ3) is 4.05. The minimum atomic E-state index is -3.48. The van der Waals surface area contributed by atoms with Crippen molar-refractivity contribution in [3.05, 3.63) is 28.7 Å². The number of nitrogens with zero attached hydrogens (tertiary/aromatic N) is 2. The molecule has 0 bridgehead atoms. The van der Waals surface area contributed by atoms with Gasteiger partial charge >= 0.3 is 0 Å². The molecule has 116 valence electrons. The number of benzene rings is 1. The van der Waals surface area contributed by atoms with Gasteiger partial charge in [0.05, 0.1) is 11.4 Å². The van der Waals surface area contributed by atoms with Gasteiger partial charge in [0.15, 0.2) is 9.84 Å². The molecule has 0 atom stereocenters. The van der Waals surface area contributed by atoms with Gasteiger partial charge in [0.1, 0.15) is 5.88 Å². The molecule has 0 radical (unpaired) electrons. The zero-order chi connectivity index (χ0) is 15.6. The zero-order valence-electron chi connectivity index (χ0n) is 12.1. The predicted molar refractivity (Wildman–Crippen MR) is 84.6 cm³/mol. The smallest absolute Gasteiger partial charge is 0.237 e. The molecule has 0 aromatic heterocycles. The Hall–Kier alpha value is -0.920. The number of amides is 1. The van der Waals surface area contributed by atoms with E-state index < -0.39 is 9.84 Å². The minimum Gasteiger partial charge on any atom is -0.325 e. The molecule has 1 aliphatic rings. The van der Waals surface area contributed by atoms with E-state index in [0.29, 0.717) is 19.1 Å². The predicted octanol–water partition coefficient (Wildman–Crippen LogP) is 1.73. The van der Waals surface area contributed by atoms with Crippen molar-refractivity contribution in [2.24, 2.45) is 0 Å². The molecule has 2 rings (SSSR count). The van der Waals surface area contributed by atoms with Crippen LogP contribution in [-0.2, 0) is 14.6 Å². The van der Waals surface area contributed by atoms with E-state index in [0.717, 1.165) is 4.47 Å². The highest BCUT2D eigenvalue weighted by Gasteiger charge is 2.29. The average molecular weight is 375 g/mol. The van der Waals surface area contributed by atoms with Gasteiger partial charge in [-0.25, -0.2) is 8.42 Å². The first-order valence-corrected chi connectivity index (χ1v) is 9.24. The molecule has 0 unspecified atom stereocenters. The summed E-state index contributed by atoms with van der Waals surface area (Å²) in [6, 6.07) is 6.76. The Morgan fingerprint density at radius 1 is 1.19 bits per heavy atom. The van der Waals surface area contributed by atoms with Crippen LogP contribution in [-0.4, -0.2) is 55.7 Å². The van der Waals surface area contributed by atoms with Crippen molar-refractivity contribution in [2.45, 2.75) is 24.8 Å². The Labute approximate surface area is 134 Å². The largest absolute Gasteiger partial charge is 0.325 e. The van der Waals surface area contributed by atoms with Crippen LogP contribution in [0.15, 0.2) is 33.6 Å². The number of halogens is 1. The van der Waals surface area contributed by atoms with E-state index in [4.69, 9.17) is 0 Å². The maximum Gasteiger partial charge on any atom is 0.237 e. The van der Waals surface area contributed by atoms with Crippen molar-refractivity contribution in [3.8, 4) is 0 Å². The number of rotatable bonds is 4. The molecule has 1 aromatic rings. The molecule has 1 heterocycles. The lowest BCUT2D eigenvalue weighted by Crippen LogP contribution is -2.53. The molecule has 1 aromatic carbocycles. The maximum atomic E-state index is 12.3. The lowest BCUT2D eigenvalue weighted by molar-refractivity contribution is -0.135. The Bertz CT molecular complexity index is 614. The van der Waals surface area contributed by atoms with Crippen LogP contribution in [0.25, 0.3) is 0 Å². The fraction of sp³-hybridized carbons (Fsp3) is 0.500. The average Bonchev–Trinajstić information content (AvgIpc) is 2.41. The van der Waals surface area contributed by atoms with Gasteiger partial charge in [0.2, 0.25) is 5.91 Å². The molecule has 5 nitrogen and oxygen atoms in total. The van der Waals surface area contributed by atoms with Crippen LogP contribution in [0, 0.1) is 0 Å². The fourth-order valence-electron chi connectivity index (χ4n) is 2.23. The van der Waals surface area contributed by atoms with E-state index in [-0.39, 0.29) is 23.2 Å². The van der Waals surface area contributed by atoms with Gasteiger partial charge in [-0.2, -0.15) is 0 Å². The van der Waals surface area contributed by atoms with Crippen molar-refractivity contribution in [1.29, 1.82) is 0 Å². The molecule has 0 saturated carbocycles. The van der Waals surface area contributed by atoms with Gasteiger partial charge < -0.3 is 4.90 Å². The van der Waals surface area contributed by atoms with E-state index in [1.807, 2.05) is 18.7 Å². The molecule has 1 aliphatic heterocycles. The summed E-state index contributed by atoms with van der Waals surface area (Å²) in [4.78, 5) is 15.8. The number of carbonyl (C=O) groups is 1. The Kier molecular flexibility index (Phi) is 5.06. The molecule has 1 amide bonds. The van der Waals surface area contributed by atoms with Crippen molar-refractivity contribution in [2.75, 3.05) is 25.5 Å². The number of hydrogen-bond donors (Lipinski definition) is 0. The molecular formula is C14H19BrN2O3S. The summed E-state index contributed by atoms with van der Waals surface area (Å²) in [6.07, 6.45) is 0. The third-order valence-electron chi connectivity index (χ3n) is 3.58. The van der Waals surface area contributed by atoms with Crippen LogP contribution in [0.4, 0.5) is 0 Å². The van der Waals surface area contributed by atoms with Crippen molar-refractivity contribution in [3.63, 3.8) is 0 Å². The number of sulfone groups is 1. The van der Waals surface area contributed by atoms with E-state index in [1.165, 1.54) is 4.90 Å². The molecule has 21 heavy (non-hydrogen) atoms. The monoisotopic (exact) mass is 374 g/mol. The van der Waals surface area contributed by atoms with Crippen LogP contribution in [0.1, 0.15) is 13.8 Å². The van der Waals surface area contributed by atoms with Crippen molar-refractivity contribution >= 4 is 31.7 Å². The molecule has 1 saturated heterocycles. The summed E-state index contributed by atoms with van der Waals surface area (Å²) in [5.74, 6) is -0.380. The lowest BCUT2D eigenvalue weighted by atomic mass is 10.2. The second-order valence-corrected chi connectivity index (χ2v) is 8.29. The topological polar surface area (TPSA) is 57.7 Å². The quantitative estimate of drug-likeness (QED) is 0.805. The summed E-state index contributed by atoms with van der Waals surface area (Å²) in [6.45, 7) is 5.50. The third-order valence-corrected chi connectivity index (χ3v) is 5.75. The van der Waals surface area contributed by atoms with Crippen LogP contribution < -0.4 is 0 Å². The van der Waals surface area contributed by atoms with Crippen LogP contribution in [0.5, 0.6) is 0 Å². The lowest BCUT2D eigenvalue weighted by Gasteiger charge is -2.36. The number of carbonyl (C=O) groups excluding carboxylic acids is 1. The molecule has 0 spiro atoms. The van der Waals surface area contributed by atoms with Gasteiger partial charge in [-0.05, 0) is 38.1 Å². The molecular weight excluding hydrogens is 356 g/mol. The standard InChI is InChI=1S/C14H19BrN2O3S/c1-11(2)16-7-8-17(14(18)9-16)10-21(19,20)13-5-3-12(15)4-6-13/h3-6,11H,7-10H2,1-2H3. The van der Waals surface area contributed by atoms with Gasteiger partial charge in [0.25, 0.3) is 0 Å². The Morgan fingerprint density at radius 3 is 2.33 bits per heavy atom. The highest BCUT2D eigenvalue weighted by Crippen LogP contribution is 2.18.